The lowest BCUT2D eigenvalue weighted by Gasteiger charge is -2.44. The second-order valence-electron chi connectivity index (χ2n) is 15.3. The fourth-order valence-corrected chi connectivity index (χ4v) is 8.97. The molecule has 2 N–H and O–H groups in total. The standard InChI is InChI=1S/C42H44ClN7O6/c43-36-24-33(9-3-27(36)25-44)56-32-10-4-28(5-11-32)45-39(52)26-1-6-29(7-2-26)48-19-21-49(22-20-48)30-15-17-47(18-16-30)31-8-12-34-35(23-31)42(55)50(41(34)54)37-13-14-38(51)46-40(37)53/h1-3,6-9,12,23-24,28,30,32,37H,4-5,10-11,13-22H2,(H,45,52)(H,46,51,53)/t28-,32-,37?. The van der Waals surface area contributed by atoms with Crippen LogP contribution < -0.4 is 25.2 Å². The highest BCUT2D eigenvalue weighted by Crippen LogP contribution is 2.33. The molecule has 290 valence electrons. The second-order valence-corrected chi connectivity index (χ2v) is 15.7. The van der Waals surface area contributed by atoms with Crippen LogP contribution >= 0.6 is 11.6 Å². The molecule has 14 heteroatoms. The fourth-order valence-electron chi connectivity index (χ4n) is 8.76. The minimum atomic E-state index is -0.973. The van der Waals surface area contributed by atoms with Gasteiger partial charge in [0.25, 0.3) is 17.7 Å². The summed E-state index contributed by atoms with van der Waals surface area (Å²) in [5.74, 6) is -1.39. The summed E-state index contributed by atoms with van der Waals surface area (Å²) in [5, 5.41) is 14.9. The number of anilines is 2. The van der Waals surface area contributed by atoms with Crippen LogP contribution in [0.4, 0.5) is 11.4 Å². The van der Waals surface area contributed by atoms with Crippen molar-refractivity contribution in [1.82, 2.24) is 20.4 Å². The van der Waals surface area contributed by atoms with E-state index in [0.29, 0.717) is 39.1 Å². The van der Waals surface area contributed by atoms with Crippen molar-refractivity contribution in [3.63, 3.8) is 0 Å². The van der Waals surface area contributed by atoms with E-state index in [1.807, 2.05) is 30.3 Å². The minimum absolute atomic E-state index is 0.0419. The quantitative estimate of drug-likeness (QED) is 0.312. The van der Waals surface area contributed by atoms with Gasteiger partial charge < -0.3 is 19.9 Å². The van der Waals surface area contributed by atoms with E-state index in [1.165, 1.54) is 0 Å². The molecular formula is C42H44ClN7O6. The lowest BCUT2D eigenvalue weighted by molar-refractivity contribution is -0.136. The van der Waals surface area contributed by atoms with Crippen molar-refractivity contribution >= 4 is 52.5 Å². The summed E-state index contributed by atoms with van der Waals surface area (Å²) in [6.45, 7) is 5.35. The Hall–Kier alpha value is -5.45. The molecule has 1 unspecified atom stereocenters. The van der Waals surface area contributed by atoms with Gasteiger partial charge in [0.2, 0.25) is 11.8 Å². The Morgan fingerprint density at radius 3 is 2.12 bits per heavy atom. The molecule has 13 nitrogen and oxygen atoms in total. The number of nitrogens with zero attached hydrogens (tertiary/aromatic N) is 5. The molecule has 3 aromatic rings. The van der Waals surface area contributed by atoms with E-state index < -0.39 is 29.7 Å². The van der Waals surface area contributed by atoms with E-state index in [-0.39, 0.29) is 30.9 Å². The minimum Gasteiger partial charge on any atom is -0.490 e. The monoisotopic (exact) mass is 777 g/mol. The van der Waals surface area contributed by atoms with E-state index in [0.717, 1.165) is 94.1 Å². The number of carbonyl (C=O) groups is 5. The average molecular weight is 778 g/mol. The zero-order valence-corrected chi connectivity index (χ0v) is 31.8. The van der Waals surface area contributed by atoms with Crippen molar-refractivity contribution in [2.75, 3.05) is 49.1 Å². The van der Waals surface area contributed by atoms with Crippen molar-refractivity contribution in [2.24, 2.45) is 0 Å². The van der Waals surface area contributed by atoms with Gasteiger partial charge in [-0.2, -0.15) is 5.26 Å². The first kappa shape index (κ1) is 37.5. The molecule has 8 rings (SSSR count). The Morgan fingerprint density at radius 2 is 1.45 bits per heavy atom. The van der Waals surface area contributed by atoms with Gasteiger partial charge in [0.15, 0.2) is 0 Å². The number of imide groups is 2. The molecule has 0 bridgehead atoms. The van der Waals surface area contributed by atoms with E-state index in [4.69, 9.17) is 21.6 Å². The Morgan fingerprint density at radius 1 is 0.768 bits per heavy atom. The lowest BCUT2D eigenvalue weighted by Crippen LogP contribution is -2.54. The van der Waals surface area contributed by atoms with E-state index in [1.54, 1.807) is 30.3 Å². The number of ether oxygens (including phenoxy) is 1. The molecule has 4 heterocycles. The number of halogens is 1. The number of carbonyl (C=O) groups excluding carboxylic acids is 5. The van der Waals surface area contributed by atoms with E-state index >= 15 is 0 Å². The molecule has 5 amide bonds. The molecule has 4 aliphatic heterocycles. The molecule has 56 heavy (non-hydrogen) atoms. The molecule has 5 aliphatic rings. The number of piperidine rings is 2. The highest BCUT2D eigenvalue weighted by molar-refractivity contribution is 6.31. The van der Waals surface area contributed by atoms with Gasteiger partial charge in [0.05, 0.1) is 27.8 Å². The molecule has 1 saturated carbocycles. The average Bonchev–Trinajstić information content (AvgIpc) is 3.46. The van der Waals surface area contributed by atoms with Crippen molar-refractivity contribution in [3.8, 4) is 11.8 Å². The highest BCUT2D eigenvalue weighted by atomic mass is 35.5. The van der Waals surface area contributed by atoms with Crippen molar-refractivity contribution in [2.45, 2.75) is 75.6 Å². The highest BCUT2D eigenvalue weighted by Gasteiger charge is 2.45. The first-order chi connectivity index (χ1) is 27.1. The fraction of sp³-hybridized carbons (Fsp3) is 0.429. The maximum Gasteiger partial charge on any atom is 0.262 e. The van der Waals surface area contributed by atoms with Crippen molar-refractivity contribution in [3.05, 3.63) is 87.9 Å². The van der Waals surface area contributed by atoms with Gasteiger partial charge in [-0.15, -0.1) is 0 Å². The van der Waals surface area contributed by atoms with Crippen LogP contribution in [0.1, 0.15) is 88.0 Å². The first-order valence-electron chi connectivity index (χ1n) is 19.5. The summed E-state index contributed by atoms with van der Waals surface area (Å²) < 4.78 is 6.10. The Kier molecular flexibility index (Phi) is 10.7. The Labute approximate surface area is 330 Å². The molecule has 0 radical (unpaired) electrons. The van der Waals surface area contributed by atoms with Crippen molar-refractivity contribution < 1.29 is 28.7 Å². The summed E-state index contributed by atoms with van der Waals surface area (Å²) in [7, 11) is 0. The van der Waals surface area contributed by atoms with Gasteiger partial charge in [-0.3, -0.25) is 39.1 Å². The molecule has 0 aromatic heterocycles. The van der Waals surface area contributed by atoms with Gasteiger partial charge in [0.1, 0.15) is 17.9 Å². The van der Waals surface area contributed by atoms with Crippen LogP contribution in [0.3, 0.4) is 0 Å². The number of fused-ring (bicyclic) bond motifs is 1. The summed E-state index contributed by atoms with van der Waals surface area (Å²) in [4.78, 5) is 71.8. The maximum atomic E-state index is 13.3. The van der Waals surface area contributed by atoms with Gasteiger partial charge in [-0.1, -0.05) is 11.6 Å². The van der Waals surface area contributed by atoms with Crippen LogP contribution in [-0.4, -0.2) is 103 Å². The molecule has 4 fully saturated rings. The van der Waals surface area contributed by atoms with Gasteiger partial charge in [-0.05, 0) is 99.5 Å². The number of benzene rings is 3. The van der Waals surface area contributed by atoms with Crippen LogP contribution in [0.5, 0.6) is 5.75 Å². The zero-order chi connectivity index (χ0) is 38.9. The van der Waals surface area contributed by atoms with Gasteiger partial charge in [0, 0.05) is 80.8 Å². The van der Waals surface area contributed by atoms with Crippen LogP contribution in [0.25, 0.3) is 0 Å². The summed E-state index contributed by atoms with van der Waals surface area (Å²) >= 11 is 6.15. The van der Waals surface area contributed by atoms with Gasteiger partial charge in [-0.25, -0.2) is 0 Å². The summed E-state index contributed by atoms with van der Waals surface area (Å²) in [5.41, 5.74) is 3.67. The number of nitriles is 1. The largest absolute Gasteiger partial charge is 0.490 e. The third-order valence-corrected chi connectivity index (χ3v) is 12.3. The number of amides is 5. The molecule has 3 saturated heterocycles. The third-order valence-electron chi connectivity index (χ3n) is 12.0. The molecule has 1 atom stereocenters. The lowest BCUT2D eigenvalue weighted by atomic mass is 9.92. The number of nitrogens with one attached hydrogen (secondary N) is 2. The number of hydrogen-bond donors (Lipinski definition) is 2. The Balaban J connectivity index is 0.772. The predicted molar refractivity (Wildman–Crippen MR) is 209 cm³/mol. The molecule has 0 spiro atoms. The smallest absolute Gasteiger partial charge is 0.262 e. The van der Waals surface area contributed by atoms with Crippen LogP contribution in [0.15, 0.2) is 60.7 Å². The number of rotatable bonds is 8. The number of piperazine rings is 1. The number of hydrogen-bond acceptors (Lipinski definition) is 10. The molecule has 3 aromatic carbocycles. The maximum absolute atomic E-state index is 13.3. The summed E-state index contributed by atoms with van der Waals surface area (Å²) in [6, 6.07) is 20.0. The van der Waals surface area contributed by atoms with Gasteiger partial charge >= 0.3 is 0 Å². The topological polar surface area (TPSA) is 155 Å². The van der Waals surface area contributed by atoms with Crippen molar-refractivity contribution in [1.29, 1.82) is 5.26 Å². The second kappa shape index (κ2) is 16.0. The molecule has 1 aliphatic carbocycles. The third kappa shape index (κ3) is 7.68. The normalized spacial score (nSPS) is 23.4. The first-order valence-corrected chi connectivity index (χ1v) is 19.9. The van der Waals surface area contributed by atoms with Crippen LogP contribution in [0, 0.1) is 11.3 Å². The Bertz CT molecular complexity index is 2080. The van der Waals surface area contributed by atoms with Crippen LogP contribution in [0.2, 0.25) is 5.02 Å². The van der Waals surface area contributed by atoms with Crippen LogP contribution in [-0.2, 0) is 9.59 Å². The SMILES string of the molecule is N#Cc1ccc(O[C@H]2CC[C@H](NC(=O)c3ccc(N4CCN(C5CCN(c6ccc7c(c6)C(=O)N(C6CCC(=O)NC6=O)C7=O)CC5)CC4)cc3)CC2)cc1Cl. The zero-order valence-electron chi connectivity index (χ0n) is 31.0. The molecular weight excluding hydrogens is 734 g/mol. The van der Waals surface area contributed by atoms with E-state index in [9.17, 15) is 24.0 Å². The predicted octanol–water partition coefficient (Wildman–Crippen LogP) is 4.52. The summed E-state index contributed by atoms with van der Waals surface area (Å²) in [6.07, 6.45) is 5.53. The van der Waals surface area contributed by atoms with E-state index in [2.05, 4.69) is 31.4 Å².